The van der Waals surface area contributed by atoms with Gasteiger partial charge in [-0.15, -0.1) is 0 Å². The summed E-state index contributed by atoms with van der Waals surface area (Å²) in [5, 5.41) is 0. The molecule has 0 aliphatic heterocycles. The van der Waals surface area contributed by atoms with Gasteiger partial charge in [-0.05, 0) is 29.7 Å². The van der Waals surface area contributed by atoms with Gasteiger partial charge in [0.2, 0.25) is 0 Å². The third-order valence-electron chi connectivity index (χ3n) is 3.72. The molecule has 0 aliphatic carbocycles. The fraction of sp³-hybridized carbons (Fsp3) is 0.571. The van der Waals surface area contributed by atoms with Gasteiger partial charge in [0, 0.05) is 0 Å². The van der Waals surface area contributed by atoms with Crippen molar-refractivity contribution in [2.45, 2.75) is 46.0 Å². The second-order valence-corrected chi connectivity index (χ2v) is 4.38. The topological polar surface area (TPSA) is 0 Å². The average Bonchev–Trinajstić information content (AvgIpc) is 2.22. The number of hydrogen-bond acceptors (Lipinski definition) is 0. The van der Waals surface area contributed by atoms with Crippen LogP contribution in [0.4, 0.5) is 0 Å². The average molecular weight is 190 g/mol. The monoisotopic (exact) mass is 190 g/mol. The van der Waals surface area contributed by atoms with Gasteiger partial charge in [-0.2, -0.15) is 0 Å². The Morgan fingerprint density at radius 1 is 1.00 bits per heavy atom. The molecule has 0 aromatic heterocycles. The normalized spacial score (nSPS) is 12.1. The third-order valence-corrected chi connectivity index (χ3v) is 3.72. The number of benzene rings is 1. The van der Waals surface area contributed by atoms with E-state index >= 15 is 0 Å². The van der Waals surface area contributed by atoms with Crippen LogP contribution in [0, 0.1) is 5.92 Å². The van der Waals surface area contributed by atoms with E-state index in [9.17, 15) is 0 Å². The summed E-state index contributed by atoms with van der Waals surface area (Å²) in [5.74, 6) is 0.708. The summed E-state index contributed by atoms with van der Waals surface area (Å²) < 4.78 is 0. The van der Waals surface area contributed by atoms with Crippen molar-refractivity contribution in [2.24, 2.45) is 5.92 Å². The van der Waals surface area contributed by atoms with E-state index < -0.39 is 0 Å². The quantitative estimate of drug-likeness (QED) is 0.660. The molecule has 0 N–H and O–H groups in total. The van der Waals surface area contributed by atoms with Crippen molar-refractivity contribution >= 4 is 0 Å². The first kappa shape index (κ1) is 11.3. The second-order valence-electron chi connectivity index (χ2n) is 4.38. The molecule has 0 atom stereocenters. The number of hydrogen-bond donors (Lipinski definition) is 0. The molecule has 1 rings (SSSR count). The van der Waals surface area contributed by atoms with Crippen LogP contribution in [0.15, 0.2) is 30.3 Å². The molecule has 0 saturated heterocycles. The van der Waals surface area contributed by atoms with Crippen molar-refractivity contribution in [1.29, 1.82) is 0 Å². The predicted octanol–water partition coefficient (Wildman–Crippen LogP) is 4.40. The van der Waals surface area contributed by atoms with E-state index in [1.165, 1.54) is 18.4 Å². The molecule has 0 saturated carbocycles. The van der Waals surface area contributed by atoms with E-state index in [4.69, 9.17) is 0 Å². The van der Waals surface area contributed by atoms with Crippen molar-refractivity contribution in [1.82, 2.24) is 0 Å². The maximum atomic E-state index is 2.33. The Morgan fingerprint density at radius 2 is 1.50 bits per heavy atom. The predicted molar refractivity (Wildman–Crippen MR) is 63.5 cm³/mol. The molecule has 0 heteroatoms. The van der Waals surface area contributed by atoms with E-state index in [0.29, 0.717) is 11.3 Å². The molecule has 0 radical (unpaired) electrons. The SMILES string of the molecule is CCC(CC)(c1ccccc1)C(C)C. The van der Waals surface area contributed by atoms with Crippen molar-refractivity contribution in [3.05, 3.63) is 35.9 Å². The van der Waals surface area contributed by atoms with Gasteiger partial charge >= 0.3 is 0 Å². The molecule has 1 aromatic rings. The smallest absolute Gasteiger partial charge is 0.00292 e. The lowest BCUT2D eigenvalue weighted by atomic mass is 9.68. The summed E-state index contributed by atoms with van der Waals surface area (Å²) in [4.78, 5) is 0. The highest BCUT2D eigenvalue weighted by Crippen LogP contribution is 2.38. The molecule has 14 heavy (non-hydrogen) atoms. The first-order chi connectivity index (χ1) is 6.67. The molecule has 0 aliphatic rings. The zero-order valence-corrected chi connectivity index (χ0v) is 9.88. The van der Waals surface area contributed by atoms with Gasteiger partial charge in [-0.25, -0.2) is 0 Å². The van der Waals surface area contributed by atoms with Crippen LogP contribution in [0.5, 0.6) is 0 Å². The van der Waals surface area contributed by atoms with Crippen molar-refractivity contribution < 1.29 is 0 Å². The summed E-state index contributed by atoms with van der Waals surface area (Å²) in [6, 6.07) is 10.9. The van der Waals surface area contributed by atoms with E-state index in [2.05, 4.69) is 58.0 Å². The highest BCUT2D eigenvalue weighted by molar-refractivity contribution is 5.25. The lowest BCUT2D eigenvalue weighted by Crippen LogP contribution is -2.30. The lowest BCUT2D eigenvalue weighted by molar-refractivity contribution is 0.284. The number of rotatable bonds is 4. The van der Waals surface area contributed by atoms with Crippen molar-refractivity contribution in [3.8, 4) is 0 Å². The van der Waals surface area contributed by atoms with Crippen LogP contribution >= 0.6 is 0 Å². The maximum absolute atomic E-state index is 2.33. The Labute approximate surface area is 88.4 Å². The summed E-state index contributed by atoms with van der Waals surface area (Å²) in [7, 11) is 0. The largest absolute Gasteiger partial charge is 0.0645 e. The lowest BCUT2D eigenvalue weighted by Gasteiger charge is -2.36. The minimum atomic E-state index is 0.376. The zero-order chi connectivity index (χ0) is 10.6. The van der Waals surface area contributed by atoms with Crippen molar-refractivity contribution in [3.63, 3.8) is 0 Å². The molecular formula is C14H22. The molecule has 0 unspecified atom stereocenters. The molecule has 1 aromatic carbocycles. The van der Waals surface area contributed by atoms with Gasteiger partial charge < -0.3 is 0 Å². The summed E-state index contributed by atoms with van der Waals surface area (Å²) in [5.41, 5.74) is 1.88. The van der Waals surface area contributed by atoms with Crippen LogP contribution in [-0.2, 0) is 5.41 Å². The minimum absolute atomic E-state index is 0.376. The van der Waals surface area contributed by atoms with Gasteiger partial charge in [-0.1, -0.05) is 58.0 Å². The van der Waals surface area contributed by atoms with E-state index in [1.54, 1.807) is 0 Å². The van der Waals surface area contributed by atoms with Crippen LogP contribution in [-0.4, -0.2) is 0 Å². The van der Waals surface area contributed by atoms with E-state index in [0.717, 1.165) is 0 Å². The Morgan fingerprint density at radius 3 is 1.86 bits per heavy atom. The van der Waals surface area contributed by atoms with Gasteiger partial charge in [0.15, 0.2) is 0 Å². The first-order valence-electron chi connectivity index (χ1n) is 5.73. The molecule has 0 amide bonds. The summed E-state index contributed by atoms with van der Waals surface area (Å²) in [6.07, 6.45) is 2.45. The summed E-state index contributed by atoms with van der Waals surface area (Å²) >= 11 is 0. The van der Waals surface area contributed by atoms with E-state index in [1.807, 2.05) is 0 Å². The van der Waals surface area contributed by atoms with E-state index in [-0.39, 0.29) is 0 Å². The fourth-order valence-corrected chi connectivity index (χ4v) is 2.58. The van der Waals surface area contributed by atoms with Gasteiger partial charge in [0.25, 0.3) is 0 Å². The Hall–Kier alpha value is -0.780. The minimum Gasteiger partial charge on any atom is -0.0645 e. The molecule has 0 heterocycles. The second kappa shape index (κ2) is 4.63. The van der Waals surface area contributed by atoms with Crippen LogP contribution in [0.3, 0.4) is 0 Å². The van der Waals surface area contributed by atoms with Crippen LogP contribution in [0.25, 0.3) is 0 Å². The van der Waals surface area contributed by atoms with Crippen LogP contribution in [0.1, 0.15) is 46.1 Å². The van der Waals surface area contributed by atoms with Gasteiger partial charge in [0.1, 0.15) is 0 Å². The molecule has 0 fully saturated rings. The summed E-state index contributed by atoms with van der Waals surface area (Å²) in [6.45, 7) is 9.27. The fourth-order valence-electron chi connectivity index (χ4n) is 2.58. The van der Waals surface area contributed by atoms with Gasteiger partial charge in [-0.3, -0.25) is 0 Å². The molecule has 0 spiro atoms. The molecular weight excluding hydrogens is 168 g/mol. The Kier molecular flexibility index (Phi) is 3.74. The van der Waals surface area contributed by atoms with Crippen LogP contribution < -0.4 is 0 Å². The highest BCUT2D eigenvalue weighted by atomic mass is 14.4. The first-order valence-corrected chi connectivity index (χ1v) is 5.73. The molecule has 0 bridgehead atoms. The standard InChI is InChI=1S/C14H22/c1-5-14(6-2,12(3)4)13-10-8-7-9-11-13/h7-12H,5-6H2,1-4H3. The maximum Gasteiger partial charge on any atom is -0.00292 e. The van der Waals surface area contributed by atoms with Gasteiger partial charge in [0.05, 0.1) is 0 Å². The highest BCUT2D eigenvalue weighted by Gasteiger charge is 2.31. The Balaban J connectivity index is 3.11. The molecule has 0 nitrogen and oxygen atoms in total. The zero-order valence-electron chi connectivity index (χ0n) is 9.88. The molecule has 78 valence electrons. The van der Waals surface area contributed by atoms with Crippen LogP contribution in [0.2, 0.25) is 0 Å². The van der Waals surface area contributed by atoms with Crippen molar-refractivity contribution in [2.75, 3.05) is 0 Å². The Bertz CT molecular complexity index is 255. The third kappa shape index (κ3) is 1.84.